The Morgan fingerprint density at radius 1 is 1.12 bits per heavy atom. The summed E-state index contributed by atoms with van der Waals surface area (Å²) in [5.74, 6) is -1.39. The molecule has 1 N–H and O–H groups in total. The van der Waals surface area contributed by atoms with E-state index in [4.69, 9.17) is 9.47 Å². The van der Waals surface area contributed by atoms with E-state index in [0.29, 0.717) is 46.4 Å². The van der Waals surface area contributed by atoms with E-state index in [0.717, 1.165) is 19.0 Å². The highest BCUT2D eigenvalue weighted by Gasteiger charge is 2.46. The first-order valence-electron chi connectivity index (χ1n) is 13.3. The van der Waals surface area contributed by atoms with Crippen LogP contribution >= 0.6 is 0 Å². The van der Waals surface area contributed by atoms with E-state index >= 15 is 0 Å². The average Bonchev–Trinajstić information content (AvgIpc) is 3.47. The molecule has 2 aromatic heterocycles. The zero-order valence-corrected chi connectivity index (χ0v) is 23.5. The Morgan fingerprint density at radius 3 is 2.44 bits per heavy atom. The van der Waals surface area contributed by atoms with Gasteiger partial charge in [-0.3, -0.25) is 9.78 Å². The smallest absolute Gasteiger partial charge is 0.413 e. The molecule has 3 aromatic rings. The van der Waals surface area contributed by atoms with Crippen molar-refractivity contribution in [2.45, 2.75) is 37.4 Å². The fourth-order valence-corrected chi connectivity index (χ4v) is 7.04. The largest absolute Gasteiger partial charge is 0.481 e. The third kappa shape index (κ3) is 6.25. The number of hydrogen-bond acceptors (Lipinski definition) is 8. The molecule has 0 radical (unpaired) electrons. The number of benzene rings is 1. The quantitative estimate of drug-likeness (QED) is 0.418. The van der Waals surface area contributed by atoms with Crippen molar-refractivity contribution in [3.8, 4) is 5.88 Å². The Balaban J connectivity index is 1.41. The molecular formula is C28H31F3N4O5S. The zero-order valence-electron chi connectivity index (χ0n) is 22.6. The molecule has 13 heteroatoms. The van der Waals surface area contributed by atoms with Gasteiger partial charge >= 0.3 is 6.18 Å². The Morgan fingerprint density at radius 2 is 1.83 bits per heavy atom. The molecule has 2 aliphatic heterocycles. The molecule has 9 nitrogen and oxygen atoms in total. The van der Waals surface area contributed by atoms with Crippen molar-refractivity contribution in [2.75, 3.05) is 44.2 Å². The van der Waals surface area contributed by atoms with Crippen LogP contribution in [0.2, 0.25) is 0 Å². The number of methoxy groups -OCH3 is 1. The van der Waals surface area contributed by atoms with Crippen molar-refractivity contribution in [2.24, 2.45) is 5.92 Å². The number of anilines is 2. The molecule has 1 amide bonds. The molecule has 220 valence electrons. The van der Waals surface area contributed by atoms with Crippen LogP contribution in [0.15, 0.2) is 42.6 Å². The van der Waals surface area contributed by atoms with Gasteiger partial charge in [0.05, 0.1) is 48.1 Å². The second kappa shape index (κ2) is 11.4. The van der Waals surface area contributed by atoms with Gasteiger partial charge in [0.1, 0.15) is 9.84 Å². The van der Waals surface area contributed by atoms with Crippen LogP contribution in [0, 0.1) is 5.92 Å². The predicted molar refractivity (Wildman–Crippen MR) is 147 cm³/mol. The Labute approximate surface area is 236 Å². The molecule has 0 unspecified atom stereocenters. The first-order chi connectivity index (χ1) is 19.5. The van der Waals surface area contributed by atoms with Gasteiger partial charge in [0.25, 0.3) is 0 Å². The summed E-state index contributed by atoms with van der Waals surface area (Å²) in [6, 6.07) is 7.10. The first-order valence-corrected chi connectivity index (χ1v) is 15.1. The number of amides is 1. The van der Waals surface area contributed by atoms with Gasteiger partial charge < -0.3 is 19.7 Å². The molecule has 2 fully saturated rings. The number of alkyl halides is 3. The predicted octanol–water partition coefficient (Wildman–Crippen LogP) is 4.77. The highest BCUT2D eigenvalue weighted by molar-refractivity contribution is 7.91. The van der Waals surface area contributed by atoms with E-state index in [9.17, 15) is 26.4 Å². The van der Waals surface area contributed by atoms with E-state index in [1.54, 1.807) is 12.3 Å². The molecule has 0 aliphatic carbocycles. The fraction of sp³-hybridized carbons (Fsp3) is 0.464. The van der Waals surface area contributed by atoms with Crippen LogP contribution in [-0.2, 0) is 19.4 Å². The summed E-state index contributed by atoms with van der Waals surface area (Å²) in [6.45, 7) is 1.11. The zero-order chi connectivity index (χ0) is 29.4. The third-order valence-electron chi connectivity index (χ3n) is 7.73. The standard InChI is InChI=1S/C28H31F3N4O5S/c1-35(27(36)18-10-13-41(37,38)14-11-18)26(28(29,30)31)17-3-5-20(6-4-17)33-22-15-32-21-7-8-23(39-2)34-25(21)24(22)19-9-12-40-16-19/h3-8,15,18-19,26,33H,9-14,16H2,1-2H3/t19-,26-/m0/s1. The summed E-state index contributed by atoms with van der Waals surface area (Å²) in [4.78, 5) is 22.8. The van der Waals surface area contributed by atoms with Crippen LogP contribution in [-0.4, -0.2) is 74.2 Å². The van der Waals surface area contributed by atoms with Gasteiger partial charge in [0.2, 0.25) is 11.8 Å². The molecule has 2 saturated heterocycles. The maximum atomic E-state index is 14.2. The van der Waals surface area contributed by atoms with Crippen molar-refractivity contribution in [3.63, 3.8) is 0 Å². The minimum Gasteiger partial charge on any atom is -0.481 e. The van der Waals surface area contributed by atoms with Crippen LogP contribution in [0.5, 0.6) is 5.88 Å². The summed E-state index contributed by atoms with van der Waals surface area (Å²) >= 11 is 0. The number of fused-ring (bicyclic) bond motifs is 1. The van der Waals surface area contributed by atoms with Crippen LogP contribution in [0.25, 0.3) is 11.0 Å². The Kier molecular flexibility index (Phi) is 8.11. The lowest BCUT2D eigenvalue weighted by Gasteiger charge is -2.34. The number of sulfone groups is 1. The number of hydrogen-bond donors (Lipinski definition) is 1. The maximum absolute atomic E-state index is 14.2. The third-order valence-corrected chi connectivity index (χ3v) is 9.44. The lowest BCUT2D eigenvalue weighted by atomic mass is 9.95. The van der Waals surface area contributed by atoms with E-state index in [-0.39, 0.29) is 35.8 Å². The average molecular weight is 593 g/mol. The lowest BCUT2D eigenvalue weighted by molar-refractivity contribution is -0.190. The van der Waals surface area contributed by atoms with Crippen LogP contribution in [0.1, 0.15) is 42.3 Å². The monoisotopic (exact) mass is 592 g/mol. The van der Waals surface area contributed by atoms with Crippen molar-refractivity contribution in [1.29, 1.82) is 0 Å². The molecule has 4 heterocycles. The molecule has 1 aromatic carbocycles. The summed E-state index contributed by atoms with van der Waals surface area (Å²) in [7, 11) is -0.603. The fourth-order valence-electron chi connectivity index (χ4n) is 5.54. The van der Waals surface area contributed by atoms with Gasteiger partial charge in [0.15, 0.2) is 6.04 Å². The van der Waals surface area contributed by atoms with Crippen LogP contribution in [0.4, 0.5) is 24.5 Å². The molecular weight excluding hydrogens is 561 g/mol. The number of carbonyl (C=O) groups excluding carboxylic acids is 1. The number of aromatic nitrogens is 2. The first kappa shape index (κ1) is 29.1. The summed E-state index contributed by atoms with van der Waals surface area (Å²) in [6.07, 6.45) is -2.23. The summed E-state index contributed by atoms with van der Waals surface area (Å²) in [5.41, 5.74) is 3.33. The second-order valence-corrected chi connectivity index (χ2v) is 12.7. The van der Waals surface area contributed by atoms with Crippen LogP contribution in [0.3, 0.4) is 0 Å². The molecule has 2 atom stereocenters. The van der Waals surface area contributed by atoms with Crippen molar-refractivity contribution < 1.29 is 35.9 Å². The molecule has 41 heavy (non-hydrogen) atoms. The minimum absolute atomic E-state index is 0.0217. The molecule has 2 aliphatic rings. The van der Waals surface area contributed by atoms with E-state index < -0.39 is 33.9 Å². The van der Waals surface area contributed by atoms with E-state index in [1.165, 1.54) is 31.4 Å². The number of nitrogens with one attached hydrogen (secondary N) is 1. The van der Waals surface area contributed by atoms with Crippen molar-refractivity contribution >= 4 is 38.2 Å². The number of nitrogens with zero attached hydrogens (tertiary/aromatic N) is 3. The Hall–Kier alpha value is -3.45. The molecule has 0 spiro atoms. The van der Waals surface area contributed by atoms with Gasteiger partial charge in [-0.05, 0) is 43.0 Å². The highest BCUT2D eigenvalue weighted by Crippen LogP contribution is 2.40. The van der Waals surface area contributed by atoms with Gasteiger partial charge in [-0.1, -0.05) is 12.1 Å². The minimum atomic E-state index is -4.73. The normalized spacial score (nSPS) is 20.1. The van der Waals surface area contributed by atoms with Crippen molar-refractivity contribution in [1.82, 2.24) is 14.9 Å². The molecule has 5 rings (SSSR count). The maximum Gasteiger partial charge on any atom is 0.413 e. The number of ether oxygens (including phenoxy) is 2. The highest BCUT2D eigenvalue weighted by atomic mass is 32.2. The number of halogens is 3. The number of pyridine rings is 2. The van der Waals surface area contributed by atoms with E-state index in [1.807, 2.05) is 6.07 Å². The van der Waals surface area contributed by atoms with Gasteiger partial charge in [0, 0.05) is 42.8 Å². The van der Waals surface area contributed by atoms with Gasteiger partial charge in [-0.2, -0.15) is 13.2 Å². The number of rotatable bonds is 7. The molecule has 0 saturated carbocycles. The van der Waals surface area contributed by atoms with Gasteiger partial charge in [-0.15, -0.1) is 0 Å². The van der Waals surface area contributed by atoms with Crippen LogP contribution < -0.4 is 10.1 Å². The summed E-state index contributed by atoms with van der Waals surface area (Å²) < 4.78 is 77.1. The Bertz CT molecular complexity index is 1510. The lowest BCUT2D eigenvalue weighted by Crippen LogP contribution is -2.44. The SMILES string of the molecule is COc1ccc2ncc(Nc3ccc([C@H](N(C)C(=O)C4CCS(=O)(=O)CC4)C(F)(F)F)cc3)c([C@H]3CCOC3)c2n1. The topological polar surface area (TPSA) is 111 Å². The van der Waals surface area contributed by atoms with Crippen molar-refractivity contribution in [3.05, 3.63) is 53.7 Å². The molecule has 0 bridgehead atoms. The second-order valence-electron chi connectivity index (χ2n) is 10.4. The summed E-state index contributed by atoms with van der Waals surface area (Å²) in [5, 5.41) is 3.28. The van der Waals surface area contributed by atoms with Gasteiger partial charge in [-0.25, -0.2) is 13.4 Å². The number of carbonyl (C=O) groups is 1. The van der Waals surface area contributed by atoms with E-state index in [2.05, 4.69) is 15.3 Å².